The van der Waals surface area contributed by atoms with Crippen molar-refractivity contribution in [2.45, 2.75) is 32.7 Å². The van der Waals surface area contributed by atoms with Crippen molar-refractivity contribution in [3.05, 3.63) is 126 Å². The number of hydrogen-bond donors (Lipinski definition) is 0. The molecule has 0 N–H and O–H groups in total. The fraction of sp³-hybridized carbons (Fsp3) is 0.172. The van der Waals surface area contributed by atoms with Crippen molar-refractivity contribution in [2.24, 2.45) is 0 Å². The maximum absolute atomic E-state index is 2.41. The molecule has 0 amide bonds. The van der Waals surface area contributed by atoms with Crippen LogP contribution in [0, 0.1) is 13.6 Å². The Morgan fingerprint density at radius 1 is 0.774 bits per heavy atom. The highest BCUT2D eigenvalue weighted by Gasteiger charge is 2.34. The van der Waals surface area contributed by atoms with Gasteiger partial charge in [0.05, 0.1) is 6.04 Å². The van der Waals surface area contributed by atoms with Crippen LogP contribution in [0.5, 0.6) is 0 Å². The maximum Gasteiger partial charge on any atom is 0.145 e. The highest BCUT2D eigenvalue weighted by Crippen LogP contribution is 2.38. The second-order valence-corrected chi connectivity index (χ2v) is 8.60. The van der Waals surface area contributed by atoms with Gasteiger partial charge in [-0.05, 0) is 59.4 Å². The molecule has 1 aromatic heterocycles. The number of nitrogens with zero attached hydrogens (tertiary/aromatic N) is 2. The van der Waals surface area contributed by atoms with Gasteiger partial charge in [0.2, 0.25) is 0 Å². The molecule has 1 atom stereocenters. The summed E-state index contributed by atoms with van der Waals surface area (Å²) < 4.78 is 2.35. The summed E-state index contributed by atoms with van der Waals surface area (Å²) in [4.78, 5) is 2.41. The third-order valence-corrected chi connectivity index (χ3v) is 6.27. The molecule has 5 rings (SSSR count). The van der Waals surface area contributed by atoms with Gasteiger partial charge in [0.15, 0.2) is 0 Å². The van der Waals surface area contributed by atoms with Crippen molar-refractivity contribution in [3.63, 3.8) is 0 Å². The van der Waals surface area contributed by atoms with Gasteiger partial charge in [0.1, 0.15) is 18.1 Å². The number of pyridine rings is 1. The Bertz CT molecular complexity index is 1190. The predicted octanol–water partition coefficient (Wildman–Crippen LogP) is 6.65. The Kier molecular flexibility index (Phi) is 4.99. The van der Waals surface area contributed by atoms with Crippen LogP contribution in [0.15, 0.2) is 97.1 Å². The van der Waals surface area contributed by atoms with E-state index in [4.69, 9.17) is 0 Å². The number of rotatable bonds is 4. The first kappa shape index (κ1) is 19.4. The molecule has 1 aliphatic heterocycles. The van der Waals surface area contributed by atoms with Crippen molar-refractivity contribution in [1.29, 1.82) is 0 Å². The minimum Gasteiger partial charge on any atom is -0.342 e. The summed E-state index contributed by atoms with van der Waals surface area (Å²) >= 11 is 0. The molecular weight excluding hydrogens is 376 g/mol. The highest BCUT2D eigenvalue weighted by atomic mass is 15.3. The Labute approximate surface area is 185 Å². The minimum absolute atomic E-state index is 0.134. The van der Waals surface area contributed by atoms with Crippen LogP contribution in [0.25, 0.3) is 11.3 Å². The van der Waals surface area contributed by atoms with E-state index in [2.05, 4.69) is 134 Å². The van der Waals surface area contributed by atoms with E-state index in [0.717, 1.165) is 0 Å². The number of anilines is 1. The summed E-state index contributed by atoms with van der Waals surface area (Å²) in [5, 5.41) is 0. The average molecular weight is 405 g/mol. The molecule has 0 fully saturated rings. The second kappa shape index (κ2) is 7.96. The summed E-state index contributed by atoms with van der Waals surface area (Å²) in [5.41, 5.74) is 8.93. The van der Waals surface area contributed by atoms with E-state index in [-0.39, 0.29) is 6.04 Å². The third kappa shape index (κ3) is 3.48. The van der Waals surface area contributed by atoms with Gasteiger partial charge >= 0.3 is 0 Å². The molecule has 0 bridgehead atoms. The van der Waals surface area contributed by atoms with Crippen LogP contribution in [0.1, 0.15) is 48.2 Å². The summed E-state index contributed by atoms with van der Waals surface area (Å²) in [7, 11) is 0. The monoisotopic (exact) mass is 404 g/mol. The van der Waals surface area contributed by atoms with Crippen LogP contribution in [-0.4, -0.2) is 0 Å². The second-order valence-electron chi connectivity index (χ2n) is 8.60. The molecule has 0 aliphatic carbocycles. The zero-order valence-electron chi connectivity index (χ0n) is 18.4. The zero-order valence-corrected chi connectivity index (χ0v) is 18.4. The van der Waals surface area contributed by atoms with Crippen LogP contribution < -0.4 is 9.47 Å². The van der Waals surface area contributed by atoms with Gasteiger partial charge in [-0.15, -0.1) is 0 Å². The lowest BCUT2D eigenvalue weighted by molar-refractivity contribution is -0.619. The molecule has 2 heteroatoms. The first-order valence-electron chi connectivity index (χ1n) is 11.0. The molecule has 2 nitrogen and oxygen atoms in total. The molecule has 154 valence electrons. The predicted molar refractivity (Wildman–Crippen MR) is 128 cm³/mol. The van der Waals surface area contributed by atoms with E-state index in [9.17, 15) is 0 Å². The van der Waals surface area contributed by atoms with Gasteiger partial charge in [-0.25, -0.2) is 0 Å². The molecular formula is C29H28N2. The maximum atomic E-state index is 2.41. The fourth-order valence-corrected chi connectivity index (χ4v) is 4.52. The van der Waals surface area contributed by atoms with E-state index in [1.54, 1.807) is 0 Å². The van der Waals surface area contributed by atoms with Crippen molar-refractivity contribution < 1.29 is 4.57 Å². The number of fused-ring (bicyclic) bond motifs is 1. The van der Waals surface area contributed by atoms with E-state index in [1.165, 1.54) is 39.3 Å². The lowest BCUT2D eigenvalue weighted by Crippen LogP contribution is -2.36. The molecule has 0 radical (unpaired) electrons. The van der Waals surface area contributed by atoms with Gasteiger partial charge < -0.3 is 9.47 Å². The quantitative estimate of drug-likeness (QED) is 0.273. The molecule has 0 saturated heterocycles. The van der Waals surface area contributed by atoms with Gasteiger partial charge in [-0.3, -0.25) is 0 Å². The van der Waals surface area contributed by atoms with E-state index >= 15 is 0 Å². The van der Waals surface area contributed by atoms with Crippen molar-refractivity contribution >= 4 is 5.69 Å². The Balaban J connectivity index is 1.66. The number of aryl methyl sites for hydroxylation is 1. The summed E-state index contributed by atoms with van der Waals surface area (Å²) in [6.45, 7) is 8.95. The van der Waals surface area contributed by atoms with Crippen LogP contribution in [0.4, 0.5) is 5.69 Å². The van der Waals surface area contributed by atoms with E-state index < -0.39 is 0 Å². The standard InChI is InChI=1S/C29H28N2/c1-21(2)23-16-18-25(19-17-23)30-20-31-27(24-11-5-4-6-12-24)14-9-15-28(31)29(30)26-13-8-7-10-22(26)3/h4-21,29H,1-3H3. The molecule has 3 aromatic carbocycles. The first-order chi connectivity index (χ1) is 15.1. The third-order valence-electron chi connectivity index (χ3n) is 6.27. The van der Waals surface area contributed by atoms with Crippen LogP contribution >= 0.6 is 0 Å². The van der Waals surface area contributed by atoms with Crippen LogP contribution in [-0.2, 0) is 0 Å². The molecule has 4 aromatic rings. The Hall–Kier alpha value is -3.52. The number of hydrogen-bond acceptors (Lipinski definition) is 1. The van der Waals surface area contributed by atoms with E-state index in [0.29, 0.717) is 5.92 Å². The van der Waals surface area contributed by atoms with Crippen molar-refractivity contribution in [3.8, 4) is 11.3 Å². The van der Waals surface area contributed by atoms with Gasteiger partial charge in [0.25, 0.3) is 0 Å². The fourth-order valence-electron chi connectivity index (χ4n) is 4.52. The highest BCUT2D eigenvalue weighted by molar-refractivity contribution is 5.59. The SMILES string of the molecule is Cc1ccccc1C1c2cccc(-c3ccccc3)[n+]2[CH-]N1c1ccc(C(C)C)cc1. The van der Waals surface area contributed by atoms with Crippen molar-refractivity contribution in [1.82, 2.24) is 0 Å². The topological polar surface area (TPSA) is 7.12 Å². The number of benzene rings is 3. The van der Waals surface area contributed by atoms with E-state index in [1.807, 2.05) is 0 Å². The first-order valence-corrected chi connectivity index (χ1v) is 11.0. The van der Waals surface area contributed by atoms with Crippen molar-refractivity contribution in [2.75, 3.05) is 4.90 Å². The lowest BCUT2D eigenvalue weighted by Gasteiger charge is -2.27. The van der Waals surface area contributed by atoms with Gasteiger partial charge in [-0.2, -0.15) is 0 Å². The molecule has 31 heavy (non-hydrogen) atoms. The largest absolute Gasteiger partial charge is 0.342 e. The average Bonchev–Trinajstić information content (AvgIpc) is 3.19. The molecule has 1 aliphatic rings. The molecule has 2 heterocycles. The Morgan fingerprint density at radius 3 is 2.19 bits per heavy atom. The molecule has 0 spiro atoms. The zero-order chi connectivity index (χ0) is 21.4. The number of aromatic nitrogens is 1. The van der Waals surface area contributed by atoms with Gasteiger partial charge in [-0.1, -0.05) is 86.6 Å². The summed E-state index contributed by atoms with van der Waals surface area (Å²) in [5.74, 6) is 0.528. The molecule has 1 unspecified atom stereocenters. The minimum atomic E-state index is 0.134. The molecule has 0 saturated carbocycles. The summed E-state index contributed by atoms with van der Waals surface area (Å²) in [6, 6.07) is 35.2. The van der Waals surface area contributed by atoms with Crippen LogP contribution in [0.3, 0.4) is 0 Å². The lowest BCUT2D eigenvalue weighted by atomic mass is 9.96. The van der Waals surface area contributed by atoms with Crippen LogP contribution in [0.2, 0.25) is 0 Å². The van der Waals surface area contributed by atoms with Gasteiger partial charge in [0, 0.05) is 5.69 Å². The Morgan fingerprint density at radius 2 is 1.48 bits per heavy atom. The normalized spacial score (nSPS) is 15.1. The summed E-state index contributed by atoms with van der Waals surface area (Å²) in [6.07, 6.45) is 0. The smallest absolute Gasteiger partial charge is 0.145 e.